The van der Waals surface area contributed by atoms with E-state index in [2.05, 4.69) is 0 Å². The summed E-state index contributed by atoms with van der Waals surface area (Å²) in [7, 11) is 0. The lowest BCUT2D eigenvalue weighted by Crippen LogP contribution is -2.47. The molecule has 1 fully saturated rings. The number of hydrogen-bond donors (Lipinski definition) is 0. The predicted molar refractivity (Wildman–Crippen MR) is 31.6 cm³/mol. The molecule has 0 spiro atoms. The molecule has 0 aliphatic carbocycles. The molecule has 3 heteroatoms. The molecule has 1 aliphatic heterocycles. The molecule has 1 rings (SSSR count). The normalized spacial score (nSPS) is 17.4. The highest BCUT2D eigenvalue weighted by Crippen LogP contribution is 2.09. The van der Waals surface area contributed by atoms with Gasteiger partial charge in [-0.1, -0.05) is 6.92 Å². The van der Waals surface area contributed by atoms with Gasteiger partial charge in [0.05, 0.1) is 0 Å². The summed E-state index contributed by atoms with van der Waals surface area (Å²) in [5.41, 5.74) is 0. The van der Waals surface area contributed by atoms with E-state index >= 15 is 0 Å². The van der Waals surface area contributed by atoms with Crippen LogP contribution in [0.3, 0.4) is 0 Å². The minimum Gasteiger partial charge on any atom is -0.282 e. The van der Waals surface area contributed by atoms with Gasteiger partial charge in [0.25, 0.3) is 0 Å². The number of rotatable bonds is 1. The molecular formula is C6H9NO2. The van der Waals surface area contributed by atoms with Crippen molar-refractivity contribution in [3.63, 3.8) is 0 Å². The summed E-state index contributed by atoms with van der Waals surface area (Å²) in [6.45, 7) is 2.39. The number of amides is 2. The summed E-state index contributed by atoms with van der Waals surface area (Å²) in [6, 6.07) is 0. The standard InChI is InChI=1S/C6H9NO2/c1-2-5(8)7-4-3-6(7)9/h2-4H2,1H3. The molecule has 0 aromatic rings. The molecule has 3 nitrogen and oxygen atoms in total. The van der Waals surface area contributed by atoms with Gasteiger partial charge in [-0.3, -0.25) is 14.5 Å². The van der Waals surface area contributed by atoms with Crippen LogP contribution in [0, 0.1) is 0 Å². The van der Waals surface area contributed by atoms with Crippen LogP contribution in [0.15, 0.2) is 0 Å². The van der Waals surface area contributed by atoms with Crippen molar-refractivity contribution in [3.8, 4) is 0 Å². The lowest BCUT2D eigenvalue weighted by Gasteiger charge is -2.27. The van der Waals surface area contributed by atoms with Gasteiger partial charge >= 0.3 is 0 Å². The van der Waals surface area contributed by atoms with Crippen molar-refractivity contribution in [2.75, 3.05) is 6.54 Å². The Morgan fingerprint density at radius 3 is 2.56 bits per heavy atom. The van der Waals surface area contributed by atoms with Crippen LogP contribution >= 0.6 is 0 Å². The summed E-state index contributed by atoms with van der Waals surface area (Å²) in [6.07, 6.45) is 0.984. The molecule has 0 N–H and O–H groups in total. The van der Waals surface area contributed by atoms with Gasteiger partial charge in [0.15, 0.2) is 0 Å². The molecule has 0 bridgehead atoms. The van der Waals surface area contributed by atoms with Gasteiger partial charge in [-0.15, -0.1) is 0 Å². The molecule has 50 valence electrons. The quantitative estimate of drug-likeness (QED) is 0.470. The monoisotopic (exact) mass is 127 g/mol. The number of nitrogens with zero attached hydrogens (tertiary/aromatic N) is 1. The van der Waals surface area contributed by atoms with E-state index in [0.29, 0.717) is 19.4 Å². The smallest absolute Gasteiger partial charge is 0.230 e. The van der Waals surface area contributed by atoms with Crippen molar-refractivity contribution in [3.05, 3.63) is 0 Å². The largest absolute Gasteiger partial charge is 0.282 e. The molecule has 1 heterocycles. The fraction of sp³-hybridized carbons (Fsp3) is 0.667. The van der Waals surface area contributed by atoms with E-state index in [1.54, 1.807) is 6.92 Å². The van der Waals surface area contributed by atoms with Crippen LogP contribution in [0.4, 0.5) is 0 Å². The molecule has 0 atom stereocenters. The summed E-state index contributed by atoms with van der Waals surface area (Å²) in [4.78, 5) is 22.5. The van der Waals surface area contributed by atoms with Gasteiger partial charge < -0.3 is 0 Å². The van der Waals surface area contributed by atoms with Crippen LogP contribution in [-0.4, -0.2) is 23.3 Å². The van der Waals surface area contributed by atoms with Crippen LogP contribution in [0.1, 0.15) is 19.8 Å². The first kappa shape index (κ1) is 6.26. The Morgan fingerprint density at radius 2 is 2.44 bits per heavy atom. The first-order valence-corrected chi connectivity index (χ1v) is 3.09. The topological polar surface area (TPSA) is 37.4 Å². The molecule has 9 heavy (non-hydrogen) atoms. The Labute approximate surface area is 53.6 Å². The highest BCUT2D eigenvalue weighted by molar-refractivity contribution is 5.99. The zero-order chi connectivity index (χ0) is 6.85. The number of hydrogen-bond acceptors (Lipinski definition) is 2. The molecule has 0 unspecified atom stereocenters. The number of likely N-dealkylation sites (tertiary alicyclic amines) is 1. The highest BCUT2D eigenvalue weighted by Gasteiger charge is 2.28. The lowest BCUT2D eigenvalue weighted by atomic mass is 10.2. The van der Waals surface area contributed by atoms with Crippen molar-refractivity contribution in [2.24, 2.45) is 0 Å². The molecule has 1 saturated heterocycles. The Balaban J connectivity index is 2.44. The fourth-order valence-corrected chi connectivity index (χ4v) is 0.770. The number of β-lactam (4-membered cyclic amide) rings is 1. The Hall–Kier alpha value is -0.860. The Bertz CT molecular complexity index is 153. The van der Waals surface area contributed by atoms with E-state index in [0.717, 1.165) is 0 Å². The van der Waals surface area contributed by atoms with Crippen LogP contribution in [-0.2, 0) is 9.59 Å². The Kier molecular flexibility index (Phi) is 1.51. The second-order valence-corrected chi connectivity index (χ2v) is 2.04. The zero-order valence-corrected chi connectivity index (χ0v) is 5.39. The van der Waals surface area contributed by atoms with Crippen LogP contribution < -0.4 is 0 Å². The van der Waals surface area contributed by atoms with E-state index in [9.17, 15) is 9.59 Å². The maximum atomic E-state index is 10.7. The van der Waals surface area contributed by atoms with E-state index in [4.69, 9.17) is 0 Å². The molecular weight excluding hydrogens is 118 g/mol. The van der Waals surface area contributed by atoms with Gasteiger partial charge in [-0.25, -0.2) is 0 Å². The molecule has 1 aliphatic rings. The maximum Gasteiger partial charge on any atom is 0.230 e. The average molecular weight is 127 g/mol. The minimum atomic E-state index is -0.0498. The number of imide groups is 1. The average Bonchev–Trinajstić information content (AvgIpc) is 1.84. The van der Waals surface area contributed by atoms with Crippen molar-refractivity contribution >= 4 is 11.8 Å². The number of carbonyl (C=O) groups is 2. The third kappa shape index (κ3) is 0.943. The third-order valence-electron chi connectivity index (χ3n) is 1.45. The number of carbonyl (C=O) groups excluding carboxylic acids is 2. The van der Waals surface area contributed by atoms with Crippen molar-refractivity contribution in [1.82, 2.24) is 4.90 Å². The van der Waals surface area contributed by atoms with E-state index < -0.39 is 0 Å². The van der Waals surface area contributed by atoms with E-state index in [1.807, 2.05) is 0 Å². The van der Waals surface area contributed by atoms with Gasteiger partial charge in [-0.05, 0) is 0 Å². The van der Waals surface area contributed by atoms with Gasteiger partial charge in [0.2, 0.25) is 11.8 Å². The molecule has 2 amide bonds. The van der Waals surface area contributed by atoms with Crippen molar-refractivity contribution in [1.29, 1.82) is 0 Å². The van der Waals surface area contributed by atoms with Gasteiger partial charge in [-0.2, -0.15) is 0 Å². The highest BCUT2D eigenvalue weighted by atomic mass is 16.2. The minimum absolute atomic E-state index is 0.0261. The second kappa shape index (κ2) is 2.17. The summed E-state index contributed by atoms with van der Waals surface area (Å²) >= 11 is 0. The predicted octanol–water partition coefficient (Wildman–Crippen LogP) is 0.155. The zero-order valence-electron chi connectivity index (χ0n) is 5.39. The maximum absolute atomic E-state index is 10.7. The molecule has 0 aromatic heterocycles. The fourth-order valence-electron chi connectivity index (χ4n) is 0.770. The first-order chi connectivity index (χ1) is 4.25. The molecule has 0 saturated carbocycles. The van der Waals surface area contributed by atoms with E-state index in [-0.39, 0.29) is 11.8 Å². The first-order valence-electron chi connectivity index (χ1n) is 3.09. The van der Waals surface area contributed by atoms with Crippen LogP contribution in [0.5, 0.6) is 0 Å². The second-order valence-electron chi connectivity index (χ2n) is 2.04. The van der Waals surface area contributed by atoms with Crippen LogP contribution in [0.25, 0.3) is 0 Å². The van der Waals surface area contributed by atoms with E-state index in [1.165, 1.54) is 4.90 Å². The molecule has 0 aromatic carbocycles. The lowest BCUT2D eigenvalue weighted by molar-refractivity contribution is -0.152. The summed E-state index contributed by atoms with van der Waals surface area (Å²) in [5, 5.41) is 0. The van der Waals surface area contributed by atoms with Gasteiger partial charge in [0, 0.05) is 19.4 Å². The van der Waals surface area contributed by atoms with Crippen LogP contribution in [0.2, 0.25) is 0 Å². The Morgan fingerprint density at radius 1 is 1.78 bits per heavy atom. The SMILES string of the molecule is CCC(=O)N1CCC1=O. The summed E-state index contributed by atoms with van der Waals surface area (Å²) in [5.74, 6) is -0.0758. The third-order valence-corrected chi connectivity index (χ3v) is 1.45. The van der Waals surface area contributed by atoms with Crippen molar-refractivity contribution < 1.29 is 9.59 Å². The summed E-state index contributed by atoms with van der Waals surface area (Å²) < 4.78 is 0. The van der Waals surface area contributed by atoms with Gasteiger partial charge in [0.1, 0.15) is 0 Å². The molecule has 0 radical (unpaired) electrons. The van der Waals surface area contributed by atoms with Crippen molar-refractivity contribution in [2.45, 2.75) is 19.8 Å².